The van der Waals surface area contributed by atoms with Gasteiger partial charge in [-0.15, -0.1) is 0 Å². The van der Waals surface area contributed by atoms with E-state index in [0.717, 1.165) is 0 Å². The maximum Gasteiger partial charge on any atom is 0.105 e. The number of fused-ring (bicyclic) bond motifs is 1. The Morgan fingerprint density at radius 2 is 2.56 bits per heavy atom. The summed E-state index contributed by atoms with van der Waals surface area (Å²) in [7, 11) is 0. The third kappa shape index (κ3) is 0.590. The largest absolute Gasteiger partial charge is 0.332 e. The van der Waals surface area contributed by atoms with Crippen LogP contribution in [0.5, 0.6) is 0 Å². The smallest absolute Gasteiger partial charge is 0.105 e. The summed E-state index contributed by atoms with van der Waals surface area (Å²) in [5, 5.41) is 0. The molecule has 0 saturated carbocycles. The number of nitrogens with zero attached hydrogens (tertiary/aromatic N) is 2. The molecule has 0 amide bonds. The minimum Gasteiger partial charge on any atom is -0.332 e. The summed E-state index contributed by atoms with van der Waals surface area (Å²) < 4.78 is 2.29. The van der Waals surface area contributed by atoms with Crippen LogP contribution in [-0.2, 0) is 13.0 Å². The zero-order chi connectivity index (χ0) is 6.27. The lowest BCUT2D eigenvalue weighted by atomic mass is 10.3. The first-order valence-electron chi connectivity index (χ1n) is 3.39. The summed E-state index contributed by atoms with van der Waals surface area (Å²) in [5.74, 6) is 1.17. The Morgan fingerprint density at radius 1 is 1.67 bits per heavy atom. The second-order valence-corrected chi connectivity index (χ2v) is 2.55. The van der Waals surface area contributed by atoms with Crippen LogP contribution in [0.15, 0.2) is 6.20 Å². The average molecular weight is 122 g/mol. The van der Waals surface area contributed by atoms with Gasteiger partial charge in [-0.05, 0) is 19.8 Å². The van der Waals surface area contributed by atoms with Crippen LogP contribution in [0.3, 0.4) is 0 Å². The van der Waals surface area contributed by atoms with Gasteiger partial charge in [0.1, 0.15) is 5.82 Å². The van der Waals surface area contributed by atoms with Crippen LogP contribution < -0.4 is 0 Å². The van der Waals surface area contributed by atoms with Gasteiger partial charge in [-0.25, -0.2) is 4.98 Å². The predicted molar refractivity (Wildman–Crippen MR) is 35.3 cm³/mol. The molecular weight excluding hydrogens is 112 g/mol. The van der Waals surface area contributed by atoms with E-state index in [9.17, 15) is 0 Å². The van der Waals surface area contributed by atoms with E-state index >= 15 is 0 Å². The van der Waals surface area contributed by atoms with Crippen LogP contribution in [0.2, 0.25) is 0 Å². The van der Waals surface area contributed by atoms with Crippen molar-refractivity contribution in [3.8, 4) is 0 Å². The summed E-state index contributed by atoms with van der Waals surface area (Å²) >= 11 is 0. The van der Waals surface area contributed by atoms with E-state index in [4.69, 9.17) is 0 Å². The Morgan fingerprint density at radius 3 is 3.33 bits per heavy atom. The molecule has 0 spiro atoms. The summed E-state index contributed by atoms with van der Waals surface area (Å²) in [6.07, 6.45) is 4.52. The quantitative estimate of drug-likeness (QED) is 0.504. The van der Waals surface area contributed by atoms with E-state index in [2.05, 4.69) is 16.5 Å². The number of aryl methyl sites for hydroxylation is 2. The van der Waals surface area contributed by atoms with Crippen molar-refractivity contribution in [2.24, 2.45) is 0 Å². The lowest BCUT2D eigenvalue weighted by Crippen LogP contribution is -1.94. The van der Waals surface area contributed by atoms with Gasteiger partial charge < -0.3 is 4.57 Å². The van der Waals surface area contributed by atoms with E-state index in [1.807, 2.05) is 6.20 Å². The molecule has 0 bridgehead atoms. The number of aromatic nitrogens is 2. The van der Waals surface area contributed by atoms with E-state index in [0.29, 0.717) is 0 Å². The molecule has 2 heterocycles. The zero-order valence-electron chi connectivity index (χ0n) is 5.59. The molecule has 0 saturated heterocycles. The molecule has 0 aliphatic carbocycles. The van der Waals surface area contributed by atoms with Crippen LogP contribution in [0, 0.1) is 6.92 Å². The highest BCUT2D eigenvalue weighted by Gasteiger charge is 2.11. The molecule has 2 nitrogen and oxygen atoms in total. The molecule has 0 unspecified atom stereocenters. The van der Waals surface area contributed by atoms with Crippen LogP contribution in [0.1, 0.15) is 17.9 Å². The Bertz CT molecular complexity index is 225. The van der Waals surface area contributed by atoms with Crippen molar-refractivity contribution >= 4 is 0 Å². The fourth-order valence-electron chi connectivity index (χ4n) is 1.44. The molecule has 48 valence electrons. The third-order valence-electron chi connectivity index (χ3n) is 1.95. The number of hydrogen-bond acceptors (Lipinski definition) is 1. The van der Waals surface area contributed by atoms with E-state index in [1.165, 1.54) is 30.9 Å². The summed E-state index contributed by atoms with van der Waals surface area (Å²) in [6.45, 7) is 3.25. The van der Waals surface area contributed by atoms with E-state index < -0.39 is 0 Å². The second kappa shape index (κ2) is 1.59. The molecular formula is C7H10N2. The average Bonchev–Trinajstić information content (AvgIpc) is 2.35. The minimum atomic E-state index is 1.17. The van der Waals surface area contributed by atoms with Gasteiger partial charge in [-0.3, -0.25) is 0 Å². The summed E-state index contributed by atoms with van der Waals surface area (Å²) in [4.78, 5) is 4.20. The molecule has 0 fully saturated rings. The van der Waals surface area contributed by atoms with Gasteiger partial charge in [-0.2, -0.15) is 0 Å². The van der Waals surface area contributed by atoms with Gasteiger partial charge in [-0.1, -0.05) is 0 Å². The summed E-state index contributed by atoms with van der Waals surface area (Å²) in [5.41, 5.74) is 1.41. The van der Waals surface area contributed by atoms with Gasteiger partial charge in [0.15, 0.2) is 0 Å². The minimum absolute atomic E-state index is 1.17. The van der Waals surface area contributed by atoms with Crippen molar-refractivity contribution in [1.29, 1.82) is 0 Å². The molecule has 0 radical (unpaired) electrons. The SMILES string of the molecule is Cc1ncc2n1CCC2. The van der Waals surface area contributed by atoms with Crippen molar-refractivity contribution < 1.29 is 0 Å². The van der Waals surface area contributed by atoms with Crippen molar-refractivity contribution in [2.45, 2.75) is 26.3 Å². The summed E-state index contributed by atoms with van der Waals surface area (Å²) in [6, 6.07) is 0. The topological polar surface area (TPSA) is 17.8 Å². The van der Waals surface area contributed by atoms with Gasteiger partial charge in [0.25, 0.3) is 0 Å². The Balaban J connectivity index is 2.56. The molecule has 0 N–H and O–H groups in total. The third-order valence-corrected chi connectivity index (χ3v) is 1.95. The van der Waals surface area contributed by atoms with Crippen LogP contribution in [0.25, 0.3) is 0 Å². The first-order chi connectivity index (χ1) is 4.38. The fraction of sp³-hybridized carbons (Fsp3) is 0.571. The molecule has 2 rings (SSSR count). The Kier molecular flexibility index (Phi) is 0.891. The van der Waals surface area contributed by atoms with Crippen molar-refractivity contribution in [1.82, 2.24) is 9.55 Å². The monoisotopic (exact) mass is 122 g/mol. The lowest BCUT2D eigenvalue weighted by molar-refractivity contribution is 0.716. The molecule has 1 aromatic heterocycles. The highest BCUT2D eigenvalue weighted by atomic mass is 15.1. The first-order valence-corrected chi connectivity index (χ1v) is 3.39. The van der Waals surface area contributed by atoms with Crippen LogP contribution in [-0.4, -0.2) is 9.55 Å². The number of hydrogen-bond donors (Lipinski definition) is 0. The maximum atomic E-state index is 4.20. The number of imidazole rings is 1. The van der Waals surface area contributed by atoms with Crippen molar-refractivity contribution in [3.63, 3.8) is 0 Å². The molecule has 2 heteroatoms. The molecule has 0 atom stereocenters. The highest BCUT2D eigenvalue weighted by Crippen LogP contribution is 2.15. The molecule has 0 aromatic carbocycles. The molecule has 1 aliphatic heterocycles. The molecule has 1 aliphatic rings. The fourth-order valence-corrected chi connectivity index (χ4v) is 1.44. The zero-order valence-corrected chi connectivity index (χ0v) is 5.59. The number of rotatable bonds is 0. The standard InChI is InChI=1S/C7H10N2/c1-6-8-5-7-3-2-4-9(6)7/h5H,2-4H2,1H3. The van der Waals surface area contributed by atoms with Crippen LogP contribution in [0.4, 0.5) is 0 Å². The van der Waals surface area contributed by atoms with Crippen molar-refractivity contribution in [3.05, 3.63) is 17.7 Å². The van der Waals surface area contributed by atoms with E-state index in [1.54, 1.807) is 0 Å². The maximum absolute atomic E-state index is 4.20. The van der Waals surface area contributed by atoms with E-state index in [-0.39, 0.29) is 0 Å². The van der Waals surface area contributed by atoms with Gasteiger partial charge in [0.05, 0.1) is 0 Å². The predicted octanol–water partition coefficient (Wildman–Crippen LogP) is 1.14. The van der Waals surface area contributed by atoms with Gasteiger partial charge in [0, 0.05) is 18.4 Å². The second-order valence-electron chi connectivity index (χ2n) is 2.55. The Labute approximate surface area is 54.5 Å². The normalized spacial score (nSPS) is 16.1. The van der Waals surface area contributed by atoms with Gasteiger partial charge in [0.2, 0.25) is 0 Å². The van der Waals surface area contributed by atoms with Crippen molar-refractivity contribution in [2.75, 3.05) is 0 Å². The molecule has 1 aromatic rings. The van der Waals surface area contributed by atoms with Gasteiger partial charge >= 0.3 is 0 Å². The molecule has 9 heavy (non-hydrogen) atoms. The Hall–Kier alpha value is -0.790. The van der Waals surface area contributed by atoms with Crippen LogP contribution >= 0.6 is 0 Å². The highest BCUT2D eigenvalue weighted by molar-refractivity contribution is 5.07. The first kappa shape index (κ1) is 5.03. The lowest BCUT2D eigenvalue weighted by Gasteiger charge is -1.95.